The van der Waals surface area contributed by atoms with E-state index in [1.54, 1.807) is 24.3 Å². The Labute approximate surface area is 182 Å². The lowest BCUT2D eigenvalue weighted by molar-refractivity contribution is -0.135. The summed E-state index contributed by atoms with van der Waals surface area (Å²) >= 11 is 5.88. The van der Waals surface area contributed by atoms with Gasteiger partial charge in [-0.05, 0) is 18.2 Å². The summed E-state index contributed by atoms with van der Waals surface area (Å²) in [4.78, 5) is 25.5. The molecule has 11 heteroatoms. The maximum absolute atomic E-state index is 13.3. The predicted octanol–water partition coefficient (Wildman–Crippen LogP) is 2.00. The van der Waals surface area contributed by atoms with Crippen LogP contribution in [0.25, 0.3) is 0 Å². The number of aliphatic hydroxyl groups is 1. The first-order valence-corrected chi connectivity index (χ1v) is 10.5. The molecule has 3 heterocycles. The molecule has 170 valence electrons. The summed E-state index contributed by atoms with van der Waals surface area (Å²) in [6.07, 6.45) is -3.14. The van der Waals surface area contributed by atoms with Crippen LogP contribution in [-0.4, -0.2) is 78.0 Å². The van der Waals surface area contributed by atoms with Gasteiger partial charge in [0.2, 0.25) is 5.91 Å². The van der Waals surface area contributed by atoms with Gasteiger partial charge < -0.3 is 30.1 Å². The Balaban J connectivity index is 1.21. The highest BCUT2D eigenvalue weighted by Crippen LogP contribution is 2.36. The molecule has 8 nitrogen and oxygen atoms in total. The van der Waals surface area contributed by atoms with Crippen molar-refractivity contribution >= 4 is 29.2 Å². The first-order valence-electron chi connectivity index (χ1n) is 10.2. The first kappa shape index (κ1) is 22.2. The van der Waals surface area contributed by atoms with E-state index < -0.39 is 49.0 Å². The Kier molecular flexibility index (Phi) is 6.34. The molecule has 0 spiro atoms. The zero-order valence-corrected chi connectivity index (χ0v) is 17.4. The van der Waals surface area contributed by atoms with Gasteiger partial charge in [-0.15, -0.1) is 0 Å². The first-order chi connectivity index (χ1) is 14.7. The molecule has 3 amide bonds. The molecule has 4 rings (SSSR count). The summed E-state index contributed by atoms with van der Waals surface area (Å²) in [5.74, 6) is -3.21. The fourth-order valence-electron chi connectivity index (χ4n) is 4.22. The SMILES string of the molecule is O=C(NC[C@H]1O[C@@H]2C[C@@H](CC(=O)N3CCC(F)(F)C3)O[C@@H]2[C@@H]1O)Nc1cccc(Cl)c1. The zero-order valence-electron chi connectivity index (χ0n) is 16.6. The molecule has 31 heavy (non-hydrogen) atoms. The van der Waals surface area contributed by atoms with E-state index >= 15 is 0 Å². The van der Waals surface area contributed by atoms with Crippen LogP contribution in [-0.2, 0) is 14.3 Å². The number of amides is 3. The second-order valence-corrected chi connectivity index (χ2v) is 8.57. The number of alkyl halides is 2. The lowest BCUT2D eigenvalue weighted by atomic mass is 10.1. The largest absolute Gasteiger partial charge is 0.388 e. The summed E-state index contributed by atoms with van der Waals surface area (Å²) in [6, 6.07) is 6.21. The normalized spacial score (nSPS) is 31.5. The van der Waals surface area contributed by atoms with Crippen LogP contribution in [0.5, 0.6) is 0 Å². The van der Waals surface area contributed by atoms with Crippen molar-refractivity contribution in [2.45, 2.75) is 55.7 Å². The number of nitrogens with zero attached hydrogens (tertiary/aromatic N) is 1. The molecule has 0 unspecified atom stereocenters. The van der Waals surface area contributed by atoms with Gasteiger partial charge in [0.15, 0.2) is 0 Å². The third-order valence-electron chi connectivity index (χ3n) is 5.75. The fraction of sp³-hybridized carbons (Fsp3) is 0.600. The van der Waals surface area contributed by atoms with Crippen LogP contribution in [0.4, 0.5) is 19.3 Å². The molecule has 3 aliphatic heterocycles. The van der Waals surface area contributed by atoms with Gasteiger partial charge in [0.05, 0.1) is 25.2 Å². The molecule has 3 N–H and O–H groups in total. The van der Waals surface area contributed by atoms with E-state index in [2.05, 4.69) is 10.6 Å². The van der Waals surface area contributed by atoms with Crippen molar-refractivity contribution in [3.63, 3.8) is 0 Å². The Morgan fingerprint density at radius 3 is 2.81 bits per heavy atom. The molecule has 3 fully saturated rings. The highest BCUT2D eigenvalue weighted by Gasteiger charge is 2.51. The third-order valence-corrected chi connectivity index (χ3v) is 5.98. The third kappa shape index (κ3) is 5.25. The molecule has 0 bridgehead atoms. The zero-order chi connectivity index (χ0) is 22.2. The van der Waals surface area contributed by atoms with Crippen molar-refractivity contribution in [1.29, 1.82) is 0 Å². The topological polar surface area (TPSA) is 100 Å². The molecule has 0 radical (unpaired) electrons. The Hall–Kier alpha value is -2.01. The van der Waals surface area contributed by atoms with Crippen LogP contribution >= 0.6 is 11.6 Å². The van der Waals surface area contributed by atoms with Crippen molar-refractivity contribution in [2.75, 3.05) is 25.0 Å². The van der Waals surface area contributed by atoms with Gasteiger partial charge in [0.25, 0.3) is 5.92 Å². The number of ether oxygens (including phenoxy) is 2. The molecule has 0 aliphatic carbocycles. The highest BCUT2D eigenvalue weighted by atomic mass is 35.5. The molecule has 5 atom stereocenters. The van der Waals surface area contributed by atoms with Crippen LogP contribution < -0.4 is 10.6 Å². The molecule has 3 saturated heterocycles. The lowest BCUT2D eigenvalue weighted by Gasteiger charge is -2.22. The van der Waals surface area contributed by atoms with E-state index in [0.29, 0.717) is 17.1 Å². The van der Waals surface area contributed by atoms with E-state index in [0.717, 1.165) is 4.90 Å². The maximum atomic E-state index is 13.3. The number of likely N-dealkylation sites (tertiary alicyclic amines) is 1. The lowest BCUT2D eigenvalue weighted by Crippen LogP contribution is -2.42. The predicted molar refractivity (Wildman–Crippen MR) is 107 cm³/mol. The Bertz CT molecular complexity index is 845. The number of benzene rings is 1. The van der Waals surface area contributed by atoms with Gasteiger partial charge >= 0.3 is 6.03 Å². The van der Waals surface area contributed by atoms with Crippen molar-refractivity contribution in [1.82, 2.24) is 10.2 Å². The second kappa shape index (κ2) is 8.85. The number of urea groups is 1. The Morgan fingerprint density at radius 2 is 2.13 bits per heavy atom. The molecular formula is C20H24ClF2N3O5. The minimum atomic E-state index is -2.83. The molecule has 1 aromatic rings. The summed E-state index contributed by atoms with van der Waals surface area (Å²) in [7, 11) is 0. The monoisotopic (exact) mass is 459 g/mol. The number of hydrogen-bond donors (Lipinski definition) is 3. The van der Waals surface area contributed by atoms with Crippen molar-refractivity contribution in [3.8, 4) is 0 Å². The number of anilines is 1. The van der Waals surface area contributed by atoms with Crippen LogP contribution in [0.1, 0.15) is 19.3 Å². The van der Waals surface area contributed by atoms with Crippen molar-refractivity contribution in [3.05, 3.63) is 29.3 Å². The summed E-state index contributed by atoms with van der Waals surface area (Å²) < 4.78 is 38.2. The van der Waals surface area contributed by atoms with Gasteiger partial charge in [0.1, 0.15) is 18.3 Å². The van der Waals surface area contributed by atoms with Gasteiger partial charge in [-0.3, -0.25) is 4.79 Å². The van der Waals surface area contributed by atoms with E-state index in [9.17, 15) is 23.5 Å². The van der Waals surface area contributed by atoms with Crippen LogP contribution in [0.15, 0.2) is 24.3 Å². The number of hydrogen-bond acceptors (Lipinski definition) is 5. The average molecular weight is 460 g/mol. The fourth-order valence-corrected chi connectivity index (χ4v) is 4.41. The molecular weight excluding hydrogens is 436 g/mol. The van der Waals surface area contributed by atoms with Crippen LogP contribution in [0, 0.1) is 0 Å². The van der Waals surface area contributed by atoms with Crippen molar-refractivity contribution in [2.24, 2.45) is 0 Å². The van der Waals surface area contributed by atoms with Gasteiger partial charge in [-0.25, -0.2) is 13.6 Å². The Morgan fingerprint density at radius 1 is 1.32 bits per heavy atom. The number of carbonyl (C=O) groups excluding carboxylic acids is 2. The smallest absolute Gasteiger partial charge is 0.319 e. The highest BCUT2D eigenvalue weighted by molar-refractivity contribution is 6.30. The molecule has 1 aromatic carbocycles. The number of nitrogens with one attached hydrogen (secondary N) is 2. The number of rotatable bonds is 5. The van der Waals surface area contributed by atoms with E-state index in [-0.39, 0.29) is 31.8 Å². The van der Waals surface area contributed by atoms with Crippen LogP contribution in [0.2, 0.25) is 5.02 Å². The molecule has 3 aliphatic rings. The summed E-state index contributed by atoms with van der Waals surface area (Å²) in [5, 5.41) is 16.3. The average Bonchev–Trinajstić information content (AvgIpc) is 3.34. The minimum absolute atomic E-state index is 0.0237. The van der Waals surface area contributed by atoms with Crippen LogP contribution in [0.3, 0.4) is 0 Å². The van der Waals surface area contributed by atoms with Gasteiger partial charge in [-0.2, -0.15) is 0 Å². The minimum Gasteiger partial charge on any atom is -0.388 e. The molecule has 0 saturated carbocycles. The van der Waals surface area contributed by atoms with E-state index in [1.165, 1.54) is 0 Å². The summed E-state index contributed by atoms with van der Waals surface area (Å²) in [5.41, 5.74) is 0.529. The van der Waals surface area contributed by atoms with E-state index in [1.807, 2.05) is 0 Å². The second-order valence-electron chi connectivity index (χ2n) is 8.13. The van der Waals surface area contributed by atoms with Crippen molar-refractivity contribution < 1.29 is 33.0 Å². The summed E-state index contributed by atoms with van der Waals surface area (Å²) in [6.45, 7) is -0.457. The van der Waals surface area contributed by atoms with E-state index in [4.69, 9.17) is 21.1 Å². The quantitative estimate of drug-likeness (QED) is 0.625. The number of fused-ring (bicyclic) bond motifs is 1. The number of halogens is 3. The number of carbonyl (C=O) groups is 2. The number of aliphatic hydroxyl groups excluding tert-OH is 1. The molecule has 0 aromatic heterocycles. The standard InChI is InChI=1S/C20H24ClF2N3O5/c21-11-2-1-3-12(6-11)25-19(29)24-9-15-17(28)18-14(31-15)7-13(30-18)8-16(27)26-5-4-20(22,23)10-26/h1-3,6,13-15,17-18,28H,4-5,7-10H2,(H2,24,25,29)/t13-,14+,15+,17+,18-/m0/s1. The van der Waals surface area contributed by atoms with Gasteiger partial charge in [-0.1, -0.05) is 17.7 Å². The maximum Gasteiger partial charge on any atom is 0.319 e. The van der Waals surface area contributed by atoms with Gasteiger partial charge in [0, 0.05) is 36.6 Å².